The van der Waals surface area contributed by atoms with Crippen LogP contribution in [-0.4, -0.2) is 49.0 Å². The highest BCUT2D eigenvalue weighted by atomic mass is 79.9. The first-order chi connectivity index (χ1) is 5.72. The molecular weight excluding hydrogens is 216 g/mol. The van der Waals surface area contributed by atoms with Crippen LogP contribution in [0.3, 0.4) is 0 Å². The van der Waals surface area contributed by atoms with Crippen molar-refractivity contribution in [3.05, 3.63) is 0 Å². The van der Waals surface area contributed by atoms with Crippen molar-refractivity contribution in [3.8, 4) is 0 Å². The van der Waals surface area contributed by atoms with Gasteiger partial charge in [0.2, 0.25) is 0 Å². The zero-order valence-electron chi connectivity index (χ0n) is 8.09. The molecule has 3 heteroatoms. The van der Waals surface area contributed by atoms with Crippen molar-refractivity contribution in [2.45, 2.75) is 12.8 Å². The van der Waals surface area contributed by atoms with Crippen molar-refractivity contribution in [3.63, 3.8) is 0 Å². The molecule has 1 rings (SSSR count). The molecule has 0 atom stereocenters. The smallest absolute Gasteiger partial charge is 0.0539 e. The van der Waals surface area contributed by atoms with Gasteiger partial charge in [0.1, 0.15) is 0 Å². The summed E-state index contributed by atoms with van der Waals surface area (Å²) in [6, 6.07) is 0. The Labute approximate surface area is 84.0 Å². The highest BCUT2D eigenvalue weighted by Gasteiger charge is 2.17. The molecule has 1 aliphatic rings. The summed E-state index contributed by atoms with van der Waals surface area (Å²) in [7, 11) is 4.39. The van der Waals surface area contributed by atoms with Gasteiger partial charge in [-0.1, -0.05) is 15.9 Å². The van der Waals surface area contributed by atoms with E-state index in [1.807, 2.05) is 0 Å². The van der Waals surface area contributed by atoms with Crippen LogP contribution in [-0.2, 0) is 0 Å². The molecule has 72 valence electrons. The van der Waals surface area contributed by atoms with Crippen LogP contribution in [0.5, 0.6) is 0 Å². The Bertz CT molecular complexity index is 122. The van der Waals surface area contributed by atoms with E-state index in [1.165, 1.54) is 32.5 Å². The zero-order chi connectivity index (χ0) is 8.97. The fourth-order valence-electron chi connectivity index (χ4n) is 1.73. The number of halogens is 1. The number of rotatable bonds is 3. The minimum absolute atomic E-state index is 0.920. The molecule has 0 bridgehead atoms. The third-order valence-corrected chi connectivity index (χ3v) is 3.47. The molecule has 1 fully saturated rings. The molecule has 0 aliphatic carbocycles. The van der Waals surface area contributed by atoms with Crippen molar-refractivity contribution in [2.75, 3.05) is 39.2 Å². The first kappa shape index (κ1) is 10.5. The SMILES string of the molecule is CN1CCC(CN(C)CBr)CC1. The molecule has 0 saturated carbocycles. The molecule has 12 heavy (non-hydrogen) atoms. The molecule has 0 radical (unpaired) electrons. The van der Waals surface area contributed by atoms with Gasteiger partial charge in [-0.3, -0.25) is 4.90 Å². The topological polar surface area (TPSA) is 6.48 Å². The fourth-order valence-corrected chi connectivity index (χ4v) is 1.94. The zero-order valence-corrected chi connectivity index (χ0v) is 9.68. The summed E-state index contributed by atoms with van der Waals surface area (Å²) in [5, 5.41) is 0. The van der Waals surface area contributed by atoms with Crippen LogP contribution in [0.1, 0.15) is 12.8 Å². The Morgan fingerprint density at radius 1 is 1.42 bits per heavy atom. The van der Waals surface area contributed by atoms with Crippen molar-refractivity contribution in [1.29, 1.82) is 0 Å². The van der Waals surface area contributed by atoms with E-state index in [0.717, 1.165) is 11.4 Å². The Hall–Kier alpha value is 0.400. The molecular formula is C9H19BrN2. The second-order valence-electron chi connectivity index (χ2n) is 3.90. The molecule has 1 saturated heterocycles. The van der Waals surface area contributed by atoms with E-state index in [-0.39, 0.29) is 0 Å². The van der Waals surface area contributed by atoms with Crippen LogP contribution >= 0.6 is 15.9 Å². The van der Waals surface area contributed by atoms with Crippen LogP contribution in [0, 0.1) is 5.92 Å². The van der Waals surface area contributed by atoms with Crippen LogP contribution in [0.2, 0.25) is 0 Å². The molecule has 0 spiro atoms. The lowest BCUT2D eigenvalue weighted by Crippen LogP contribution is -2.35. The molecule has 0 N–H and O–H groups in total. The number of hydrogen-bond donors (Lipinski definition) is 0. The van der Waals surface area contributed by atoms with E-state index in [1.54, 1.807) is 0 Å². The van der Waals surface area contributed by atoms with E-state index >= 15 is 0 Å². The summed E-state index contributed by atoms with van der Waals surface area (Å²) in [6.45, 7) is 3.81. The molecule has 0 amide bonds. The largest absolute Gasteiger partial charge is 0.306 e. The fraction of sp³-hybridized carbons (Fsp3) is 1.00. The Kier molecular flexibility index (Phi) is 4.54. The molecule has 2 nitrogen and oxygen atoms in total. The number of nitrogens with zero attached hydrogens (tertiary/aromatic N) is 2. The van der Waals surface area contributed by atoms with E-state index < -0.39 is 0 Å². The molecule has 0 aromatic heterocycles. The van der Waals surface area contributed by atoms with Crippen LogP contribution in [0.4, 0.5) is 0 Å². The van der Waals surface area contributed by atoms with E-state index in [0.29, 0.717) is 0 Å². The molecule has 0 unspecified atom stereocenters. The van der Waals surface area contributed by atoms with E-state index in [9.17, 15) is 0 Å². The highest BCUT2D eigenvalue weighted by Crippen LogP contribution is 2.16. The van der Waals surface area contributed by atoms with Gasteiger partial charge in [0.15, 0.2) is 0 Å². The monoisotopic (exact) mass is 234 g/mol. The summed E-state index contributed by atoms with van der Waals surface area (Å²) < 4.78 is 0. The van der Waals surface area contributed by atoms with Crippen LogP contribution in [0.25, 0.3) is 0 Å². The van der Waals surface area contributed by atoms with Gasteiger partial charge in [-0.25, -0.2) is 0 Å². The van der Waals surface area contributed by atoms with Gasteiger partial charge in [-0.05, 0) is 45.9 Å². The van der Waals surface area contributed by atoms with Crippen molar-refractivity contribution >= 4 is 15.9 Å². The lowest BCUT2D eigenvalue weighted by molar-refractivity contribution is 0.186. The number of hydrogen-bond acceptors (Lipinski definition) is 2. The second-order valence-corrected chi connectivity index (χ2v) is 4.41. The summed E-state index contributed by atoms with van der Waals surface area (Å²) in [6.07, 6.45) is 2.74. The summed E-state index contributed by atoms with van der Waals surface area (Å²) in [5.41, 5.74) is 0.999. The third-order valence-electron chi connectivity index (χ3n) is 2.61. The predicted octanol–water partition coefficient (Wildman–Crippen LogP) is 1.61. The Morgan fingerprint density at radius 3 is 2.50 bits per heavy atom. The quantitative estimate of drug-likeness (QED) is 0.541. The average Bonchev–Trinajstić information content (AvgIpc) is 2.09. The highest BCUT2D eigenvalue weighted by molar-refractivity contribution is 9.09. The van der Waals surface area contributed by atoms with Crippen molar-refractivity contribution in [1.82, 2.24) is 9.80 Å². The maximum Gasteiger partial charge on any atom is 0.0539 e. The maximum atomic E-state index is 3.47. The van der Waals surface area contributed by atoms with Crippen molar-refractivity contribution < 1.29 is 0 Å². The standard InChI is InChI=1S/C9H19BrN2/c1-11-5-3-9(4-6-11)7-12(2)8-10/h9H,3-8H2,1-2H3. The predicted molar refractivity (Wildman–Crippen MR) is 56.6 cm³/mol. The van der Waals surface area contributed by atoms with Gasteiger partial charge in [0, 0.05) is 6.54 Å². The van der Waals surface area contributed by atoms with E-state index in [4.69, 9.17) is 0 Å². The van der Waals surface area contributed by atoms with Gasteiger partial charge >= 0.3 is 0 Å². The lowest BCUT2D eigenvalue weighted by Gasteiger charge is -2.31. The van der Waals surface area contributed by atoms with Crippen LogP contribution < -0.4 is 0 Å². The Balaban J connectivity index is 2.17. The number of alkyl halides is 1. The summed E-state index contributed by atoms with van der Waals surface area (Å²) in [5.74, 6) is 0.920. The summed E-state index contributed by atoms with van der Waals surface area (Å²) >= 11 is 3.47. The number of piperidine rings is 1. The molecule has 1 heterocycles. The van der Waals surface area contributed by atoms with Gasteiger partial charge in [-0.15, -0.1) is 0 Å². The molecule has 0 aromatic carbocycles. The first-order valence-electron chi connectivity index (χ1n) is 4.65. The molecule has 0 aromatic rings. The maximum absolute atomic E-state index is 3.47. The Morgan fingerprint density at radius 2 is 2.00 bits per heavy atom. The second kappa shape index (κ2) is 5.20. The average molecular weight is 235 g/mol. The van der Waals surface area contributed by atoms with Gasteiger partial charge in [0.25, 0.3) is 0 Å². The number of likely N-dealkylation sites (tertiary alicyclic amines) is 1. The normalized spacial score (nSPS) is 22.0. The minimum atomic E-state index is 0.920. The minimum Gasteiger partial charge on any atom is -0.306 e. The van der Waals surface area contributed by atoms with Gasteiger partial charge in [0.05, 0.1) is 5.45 Å². The third kappa shape index (κ3) is 3.42. The van der Waals surface area contributed by atoms with Gasteiger partial charge < -0.3 is 4.90 Å². The summed E-state index contributed by atoms with van der Waals surface area (Å²) in [4.78, 5) is 4.76. The molecule has 1 aliphatic heterocycles. The first-order valence-corrected chi connectivity index (χ1v) is 5.77. The van der Waals surface area contributed by atoms with Crippen LogP contribution in [0.15, 0.2) is 0 Å². The van der Waals surface area contributed by atoms with Gasteiger partial charge in [-0.2, -0.15) is 0 Å². The van der Waals surface area contributed by atoms with E-state index in [2.05, 4.69) is 39.8 Å². The lowest BCUT2D eigenvalue weighted by atomic mass is 9.97. The van der Waals surface area contributed by atoms with Crippen molar-refractivity contribution in [2.24, 2.45) is 5.92 Å².